The molecule has 0 atom stereocenters. The van der Waals surface area contributed by atoms with E-state index in [0.29, 0.717) is 19.0 Å². The van der Waals surface area contributed by atoms with Gasteiger partial charge in [-0.05, 0) is 0 Å². The van der Waals surface area contributed by atoms with Gasteiger partial charge in [-0.15, -0.1) is 10.2 Å². The van der Waals surface area contributed by atoms with Gasteiger partial charge in [0.2, 0.25) is 5.13 Å². The first-order valence-electron chi connectivity index (χ1n) is 5.44. The Hall–Kier alpha value is -0.780. The third-order valence-electron chi connectivity index (χ3n) is 2.69. The third kappa shape index (κ3) is 2.48. The lowest BCUT2D eigenvalue weighted by Gasteiger charge is -2.30. The zero-order valence-electron chi connectivity index (χ0n) is 9.41. The minimum Gasteiger partial charge on any atom is -0.346 e. The Morgan fingerprint density at radius 2 is 1.88 bits per heavy atom. The smallest absolute Gasteiger partial charge is 0.251 e. The molecule has 2 rings (SSSR count). The van der Waals surface area contributed by atoms with Gasteiger partial charge in [-0.1, -0.05) is 25.2 Å². The Kier molecular flexibility index (Phi) is 3.10. The fourth-order valence-corrected chi connectivity index (χ4v) is 2.51. The Morgan fingerprint density at radius 3 is 2.38 bits per heavy atom. The molecule has 0 radical (unpaired) electrons. The number of hydrogen-bond donors (Lipinski definition) is 0. The predicted octanol–water partition coefficient (Wildman–Crippen LogP) is 2.90. The highest BCUT2D eigenvalue weighted by Gasteiger charge is 2.34. The lowest BCUT2D eigenvalue weighted by Crippen LogP contribution is -2.39. The summed E-state index contributed by atoms with van der Waals surface area (Å²) < 4.78 is 25.9. The quantitative estimate of drug-likeness (QED) is 0.804. The summed E-state index contributed by atoms with van der Waals surface area (Å²) in [5.41, 5.74) is 0. The molecule has 1 aliphatic rings. The summed E-state index contributed by atoms with van der Waals surface area (Å²) in [6, 6.07) is 0. The van der Waals surface area contributed by atoms with E-state index in [1.54, 1.807) is 0 Å². The summed E-state index contributed by atoms with van der Waals surface area (Å²) in [6.07, 6.45) is -0.160. The molecular weight excluding hydrogens is 232 g/mol. The van der Waals surface area contributed by atoms with Crippen molar-refractivity contribution in [2.24, 2.45) is 0 Å². The van der Waals surface area contributed by atoms with Crippen LogP contribution in [0.25, 0.3) is 0 Å². The van der Waals surface area contributed by atoms with E-state index in [4.69, 9.17) is 0 Å². The van der Waals surface area contributed by atoms with Crippen molar-refractivity contribution in [2.45, 2.75) is 38.5 Å². The minimum atomic E-state index is -2.50. The molecule has 90 valence electrons. The fourth-order valence-electron chi connectivity index (χ4n) is 1.61. The molecule has 6 heteroatoms. The minimum absolute atomic E-state index is 0.0798. The maximum atomic E-state index is 13.0. The van der Waals surface area contributed by atoms with Crippen LogP contribution in [0, 0.1) is 0 Å². The number of rotatable bonds is 2. The molecule has 0 aliphatic carbocycles. The van der Waals surface area contributed by atoms with Crippen molar-refractivity contribution < 1.29 is 8.78 Å². The highest BCUT2D eigenvalue weighted by molar-refractivity contribution is 7.15. The normalized spacial score (nSPS) is 20.4. The van der Waals surface area contributed by atoms with Gasteiger partial charge in [-0.2, -0.15) is 0 Å². The molecule has 0 unspecified atom stereocenters. The van der Waals surface area contributed by atoms with Gasteiger partial charge in [0, 0.05) is 31.8 Å². The van der Waals surface area contributed by atoms with Crippen LogP contribution < -0.4 is 4.90 Å². The van der Waals surface area contributed by atoms with Crippen LogP contribution in [0.4, 0.5) is 13.9 Å². The number of piperidine rings is 1. The molecule has 0 saturated carbocycles. The second-order valence-electron chi connectivity index (χ2n) is 4.42. The van der Waals surface area contributed by atoms with Gasteiger partial charge in [0.15, 0.2) is 0 Å². The van der Waals surface area contributed by atoms with E-state index < -0.39 is 5.92 Å². The van der Waals surface area contributed by atoms with Gasteiger partial charge in [-0.25, -0.2) is 8.78 Å². The van der Waals surface area contributed by atoms with E-state index in [-0.39, 0.29) is 12.8 Å². The number of aromatic nitrogens is 2. The summed E-state index contributed by atoms with van der Waals surface area (Å²) in [5.74, 6) is -2.15. The highest BCUT2D eigenvalue weighted by Crippen LogP contribution is 2.32. The average Bonchev–Trinajstić information content (AvgIpc) is 2.66. The van der Waals surface area contributed by atoms with Crippen LogP contribution in [0.1, 0.15) is 37.6 Å². The van der Waals surface area contributed by atoms with Crippen molar-refractivity contribution in [3.8, 4) is 0 Å². The molecule has 1 fully saturated rings. The first kappa shape index (κ1) is 11.7. The molecule has 0 N–H and O–H groups in total. The standard InChI is InChI=1S/C10H15F2N3S/c1-7(2)8-13-14-9(16-8)15-5-3-10(11,12)4-6-15/h7H,3-6H2,1-2H3. The topological polar surface area (TPSA) is 29.0 Å². The van der Waals surface area contributed by atoms with Crippen LogP contribution in [-0.2, 0) is 0 Å². The number of halogens is 2. The monoisotopic (exact) mass is 247 g/mol. The zero-order chi connectivity index (χ0) is 11.8. The predicted molar refractivity (Wildman–Crippen MR) is 60.4 cm³/mol. The second kappa shape index (κ2) is 4.24. The van der Waals surface area contributed by atoms with Crippen molar-refractivity contribution >= 4 is 16.5 Å². The van der Waals surface area contributed by atoms with E-state index in [1.807, 2.05) is 4.90 Å². The summed E-state index contributed by atoms with van der Waals surface area (Å²) in [4.78, 5) is 1.90. The summed E-state index contributed by atoms with van der Waals surface area (Å²) >= 11 is 1.51. The highest BCUT2D eigenvalue weighted by atomic mass is 32.1. The van der Waals surface area contributed by atoms with Gasteiger partial charge >= 0.3 is 0 Å². The van der Waals surface area contributed by atoms with Crippen LogP contribution in [0.2, 0.25) is 0 Å². The van der Waals surface area contributed by atoms with Crippen LogP contribution in [0.3, 0.4) is 0 Å². The molecule has 1 aliphatic heterocycles. The summed E-state index contributed by atoms with van der Waals surface area (Å²) in [5, 5.41) is 9.87. The number of hydrogen-bond acceptors (Lipinski definition) is 4. The van der Waals surface area contributed by atoms with Gasteiger partial charge in [0.25, 0.3) is 5.92 Å². The maximum Gasteiger partial charge on any atom is 0.251 e. The molecule has 16 heavy (non-hydrogen) atoms. The van der Waals surface area contributed by atoms with Crippen molar-refractivity contribution in [1.82, 2.24) is 10.2 Å². The van der Waals surface area contributed by atoms with Crippen molar-refractivity contribution in [1.29, 1.82) is 0 Å². The molecule has 3 nitrogen and oxygen atoms in total. The fraction of sp³-hybridized carbons (Fsp3) is 0.800. The van der Waals surface area contributed by atoms with Crippen molar-refractivity contribution in [2.75, 3.05) is 18.0 Å². The summed E-state index contributed by atoms with van der Waals surface area (Å²) in [6.45, 7) is 4.85. The zero-order valence-corrected chi connectivity index (χ0v) is 10.2. The number of nitrogens with zero attached hydrogens (tertiary/aromatic N) is 3. The number of alkyl halides is 2. The molecular formula is C10H15F2N3S. The lowest BCUT2D eigenvalue weighted by atomic mass is 10.1. The van der Waals surface area contributed by atoms with E-state index in [0.717, 1.165) is 10.1 Å². The average molecular weight is 247 g/mol. The van der Waals surface area contributed by atoms with E-state index in [2.05, 4.69) is 24.0 Å². The lowest BCUT2D eigenvalue weighted by molar-refractivity contribution is -0.0220. The number of anilines is 1. The van der Waals surface area contributed by atoms with Crippen LogP contribution in [-0.4, -0.2) is 29.2 Å². The van der Waals surface area contributed by atoms with Gasteiger partial charge < -0.3 is 4.90 Å². The first-order valence-corrected chi connectivity index (χ1v) is 6.26. The van der Waals surface area contributed by atoms with E-state index in [9.17, 15) is 8.78 Å². The van der Waals surface area contributed by atoms with Crippen LogP contribution in [0.5, 0.6) is 0 Å². The Bertz CT molecular complexity index is 355. The second-order valence-corrected chi connectivity index (χ2v) is 5.41. The molecule has 0 bridgehead atoms. The van der Waals surface area contributed by atoms with Crippen molar-refractivity contribution in [3.63, 3.8) is 0 Å². The van der Waals surface area contributed by atoms with Crippen LogP contribution >= 0.6 is 11.3 Å². The third-order valence-corrected chi connectivity index (χ3v) is 3.97. The maximum absolute atomic E-state index is 13.0. The van der Waals surface area contributed by atoms with Crippen molar-refractivity contribution in [3.05, 3.63) is 5.01 Å². The molecule has 1 aromatic rings. The molecule has 2 heterocycles. The van der Waals surface area contributed by atoms with Gasteiger partial charge in [0.05, 0.1) is 0 Å². The first-order chi connectivity index (χ1) is 7.48. The molecule has 0 amide bonds. The Morgan fingerprint density at radius 1 is 1.25 bits per heavy atom. The molecule has 1 saturated heterocycles. The van der Waals surface area contributed by atoms with E-state index in [1.165, 1.54) is 11.3 Å². The largest absolute Gasteiger partial charge is 0.346 e. The molecule has 1 aromatic heterocycles. The molecule has 0 spiro atoms. The summed E-state index contributed by atoms with van der Waals surface area (Å²) in [7, 11) is 0. The SMILES string of the molecule is CC(C)c1nnc(N2CCC(F)(F)CC2)s1. The molecule has 0 aromatic carbocycles. The van der Waals surface area contributed by atoms with Gasteiger partial charge in [0.1, 0.15) is 5.01 Å². The Labute approximate surface area is 97.5 Å². The Balaban J connectivity index is 2.03. The van der Waals surface area contributed by atoms with Crippen LogP contribution in [0.15, 0.2) is 0 Å². The van der Waals surface area contributed by atoms with Gasteiger partial charge in [-0.3, -0.25) is 0 Å². The van der Waals surface area contributed by atoms with E-state index >= 15 is 0 Å².